The molecule has 0 N–H and O–H groups in total. The van der Waals surface area contributed by atoms with Crippen molar-refractivity contribution in [2.45, 2.75) is 45.7 Å². The quantitative estimate of drug-likeness (QED) is 0.723. The minimum atomic E-state index is -3.58. The van der Waals surface area contributed by atoms with Crippen molar-refractivity contribution in [1.29, 1.82) is 0 Å². The van der Waals surface area contributed by atoms with Gasteiger partial charge >= 0.3 is 10.1 Å². The van der Waals surface area contributed by atoms with Gasteiger partial charge in [0.25, 0.3) is 0 Å². The summed E-state index contributed by atoms with van der Waals surface area (Å²) in [5.74, 6) is 0.718. The van der Waals surface area contributed by atoms with Gasteiger partial charge in [-0.25, -0.2) is 0 Å². The second-order valence-corrected chi connectivity index (χ2v) is 7.82. The van der Waals surface area contributed by atoms with Crippen LogP contribution in [0, 0.1) is 5.92 Å². The van der Waals surface area contributed by atoms with Crippen LogP contribution in [-0.4, -0.2) is 31.5 Å². The molecule has 0 radical (unpaired) electrons. The van der Waals surface area contributed by atoms with Crippen LogP contribution in [0.4, 0.5) is 0 Å². The SMILES string of the molecule is CC(C)CC(=O)N(Cc1ccccc1OS(C)(=O)=O)C1CC1. The molecule has 1 amide bonds. The topological polar surface area (TPSA) is 63.7 Å². The van der Waals surface area contributed by atoms with E-state index in [-0.39, 0.29) is 11.9 Å². The summed E-state index contributed by atoms with van der Waals surface area (Å²) in [5, 5.41) is 0. The Hall–Kier alpha value is -1.56. The standard InChI is InChI=1S/C16H23NO4S/c1-12(2)10-16(18)17(14-8-9-14)11-13-6-4-5-7-15(13)21-22(3,19)20/h4-7,12,14H,8-11H2,1-3H3. The highest BCUT2D eigenvalue weighted by Gasteiger charge is 2.33. The number of nitrogens with zero attached hydrogens (tertiary/aromatic N) is 1. The first-order chi connectivity index (χ1) is 10.3. The van der Waals surface area contributed by atoms with E-state index in [1.54, 1.807) is 18.2 Å². The van der Waals surface area contributed by atoms with Gasteiger partial charge in [0.15, 0.2) is 0 Å². The van der Waals surface area contributed by atoms with E-state index in [2.05, 4.69) is 0 Å². The van der Waals surface area contributed by atoms with Crippen molar-refractivity contribution in [3.05, 3.63) is 29.8 Å². The Morgan fingerprint density at radius 1 is 1.32 bits per heavy atom. The number of benzene rings is 1. The van der Waals surface area contributed by atoms with Gasteiger partial charge in [-0.05, 0) is 24.8 Å². The summed E-state index contributed by atoms with van der Waals surface area (Å²) < 4.78 is 27.8. The molecule has 0 aliphatic heterocycles. The summed E-state index contributed by atoms with van der Waals surface area (Å²) in [6.45, 7) is 4.43. The average Bonchev–Trinajstić information content (AvgIpc) is 3.19. The summed E-state index contributed by atoms with van der Waals surface area (Å²) in [6, 6.07) is 7.24. The number of carbonyl (C=O) groups excluding carboxylic acids is 1. The zero-order chi connectivity index (χ0) is 16.3. The molecule has 1 saturated carbocycles. The van der Waals surface area contributed by atoms with Crippen LogP contribution in [0.5, 0.6) is 5.75 Å². The summed E-state index contributed by atoms with van der Waals surface area (Å²) in [7, 11) is -3.58. The molecule has 2 rings (SSSR count). The van der Waals surface area contributed by atoms with Crippen molar-refractivity contribution in [2.75, 3.05) is 6.26 Å². The lowest BCUT2D eigenvalue weighted by Gasteiger charge is -2.24. The first-order valence-electron chi connectivity index (χ1n) is 7.53. The molecule has 1 aromatic carbocycles. The van der Waals surface area contributed by atoms with Gasteiger partial charge in [0, 0.05) is 24.6 Å². The number of hydrogen-bond acceptors (Lipinski definition) is 4. The Morgan fingerprint density at radius 3 is 2.50 bits per heavy atom. The third-order valence-corrected chi connectivity index (χ3v) is 3.93. The molecular formula is C16H23NO4S. The predicted octanol–water partition coefficient (Wildman–Crippen LogP) is 2.56. The molecule has 1 fully saturated rings. The predicted molar refractivity (Wildman–Crippen MR) is 84.9 cm³/mol. The first-order valence-corrected chi connectivity index (χ1v) is 9.34. The van der Waals surface area contributed by atoms with Crippen LogP contribution < -0.4 is 4.18 Å². The highest BCUT2D eigenvalue weighted by Crippen LogP contribution is 2.31. The van der Waals surface area contributed by atoms with Crippen LogP contribution in [0.25, 0.3) is 0 Å². The van der Waals surface area contributed by atoms with Gasteiger partial charge < -0.3 is 9.08 Å². The molecule has 0 bridgehead atoms. The zero-order valence-electron chi connectivity index (χ0n) is 13.3. The monoisotopic (exact) mass is 325 g/mol. The van der Waals surface area contributed by atoms with Crippen molar-refractivity contribution in [3.8, 4) is 5.75 Å². The lowest BCUT2D eigenvalue weighted by molar-refractivity contribution is -0.133. The highest BCUT2D eigenvalue weighted by molar-refractivity contribution is 7.86. The number of amides is 1. The van der Waals surface area contributed by atoms with Crippen LogP contribution in [0.15, 0.2) is 24.3 Å². The lowest BCUT2D eigenvalue weighted by atomic mass is 10.1. The van der Waals surface area contributed by atoms with Gasteiger partial charge in [-0.1, -0.05) is 32.0 Å². The minimum Gasteiger partial charge on any atom is -0.382 e. The fraction of sp³-hybridized carbons (Fsp3) is 0.562. The molecule has 1 aliphatic carbocycles. The van der Waals surface area contributed by atoms with E-state index < -0.39 is 10.1 Å². The molecule has 6 heteroatoms. The normalized spacial score (nSPS) is 14.9. The maximum absolute atomic E-state index is 12.4. The maximum atomic E-state index is 12.4. The fourth-order valence-corrected chi connectivity index (χ4v) is 2.82. The van der Waals surface area contributed by atoms with E-state index in [9.17, 15) is 13.2 Å². The molecule has 1 aromatic rings. The van der Waals surface area contributed by atoms with E-state index in [4.69, 9.17) is 4.18 Å². The highest BCUT2D eigenvalue weighted by atomic mass is 32.2. The molecule has 0 unspecified atom stereocenters. The Bertz CT molecular complexity index is 635. The van der Waals surface area contributed by atoms with Crippen molar-refractivity contribution in [3.63, 3.8) is 0 Å². The molecule has 5 nitrogen and oxygen atoms in total. The molecule has 22 heavy (non-hydrogen) atoms. The second kappa shape index (κ2) is 6.69. The molecule has 0 spiro atoms. The molecular weight excluding hydrogens is 302 g/mol. The Labute approximate surface area is 132 Å². The molecule has 0 aromatic heterocycles. The van der Waals surface area contributed by atoms with Gasteiger partial charge in [-0.15, -0.1) is 0 Å². The third-order valence-electron chi connectivity index (χ3n) is 3.45. The number of para-hydroxylation sites is 1. The first kappa shape index (κ1) is 16.8. The third kappa shape index (κ3) is 5.02. The Morgan fingerprint density at radius 2 is 1.95 bits per heavy atom. The fourth-order valence-electron chi connectivity index (χ4n) is 2.34. The molecule has 0 heterocycles. The van der Waals surface area contributed by atoms with Gasteiger partial charge in [-0.3, -0.25) is 4.79 Å². The van der Waals surface area contributed by atoms with Crippen molar-refractivity contribution < 1.29 is 17.4 Å². The number of carbonyl (C=O) groups is 1. The number of hydrogen-bond donors (Lipinski definition) is 0. The van der Waals surface area contributed by atoms with E-state index in [0.717, 1.165) is 24.7 Å². The van der Waals surface area contributed by atoms with Crippen LogP contribution in [-0.2, 0) is 21.5 Å². The number of rotatable bonds is 7. The van der Waals surface area contributed by atoms with Crippen LogP contribution in [0.3, 0.4) is 0 Å². The Kier molecular flexibility index (Phi) is 5.11. The van der Waals surface area contributed by atoms with Gasteiger partial charge in [-0.2, -0.15) is 8.42 Å². The van der Waals surface area contributed by atoms with Gasteiger partial charge in [0.2, 0.25) is 5.91 Å². The maximum Gasteiger partial charge on any atom is 0.306 e. The molecule has 1 aliphatic rings. The van der Waals surface area contributed by atoms with Gasteiger partial charge in [0.05, 0.1) is 6.26 Å². The van der Waals surface area contributed by atoms with Crippen molar-refractivity contribution in [2.24, 2.45) is 5.92 Å². The average molecular weight is 325 g/mol. The van der Waals surface area contributed by atoms with Gasteiger partial charge in [0.1, 0.15) is 5.75 Å². The van der Waals surface area contributed by atoms with Crippen LogP contribution in [0.1, 0.15) is 38.7 Å². The zero-order valence-corrected chi connectivity index (χ0v) is 14.1. The largest absolute Gasteiger partial charge is 0.382 e. The van der Waals surface area contributed by atoms with Crippen molar-refractivity contribution >= 4 is 16.0 Å². The van der Waals surface area contributed by atoms with E-state index >= 15 is 0 Å². The summed E-state index contributed by atoms with van der Waals surface area (Å²) in [6.07, 6.45) is 3.55. The van der Waals surface area contributed by atoms with E-state index in [1.807, 2.05) is 24.8 Å². The van der Waals surface area contributed by atoms with Crippen LogP contribution >= 0.6 is 0 Å². The summed E-state index contributed by atoms with van der Waals surface area (Å²) >= 11 is 0. The smallest absolute Gasteiger partial charge is 0.306 e. The lowest BCUT2D eigenvalue weighted by Crippen LogP contribution is -2.33. The van der Waals surface area contributed by atoms with Crippen molar-refractivity contribution in [1.82, 2.24) is 4.90 Å². The molecule has 0 saturated heterocycles. The Balaban J connectivity index is 2.18. The second-order valence-electron chi connectivity index (χ2n) is 6.25. The minimum absolute atomic E-state index is 0.117. The molecule has 122 valence electrons. The van der Waals surface area contributed by atoms with E-state index in [0.29, 0.717) is 24.6 Å². The summed E-state index contributed by atoms with van der Waals surface area (Å²) in [4.78, 5) is 14.3. The summed E-state index contributed by atoms with van der Waals surface area (Å²) in [5.41, 5.74) is 0.719. The van der Waals surface area contributed by atoms with Crippen LogP contribution in [0.2, 0.25) is 0 Å². The van der Waals surface area contributed by atoms with E-state index in [1.165, 1.54) is 0 Å². The molecule has 0 atom stereocenters.